The van der Waals surface area contributed by atoms with E-state index in [2.05, 4.69) is 21.6 Å². The van der Waals surface area contributed by atoms with Crippen LogP contribution in [0.4, 0.5) is 0 Å². The number of hydrogen-bond donors (Lipinski definition) is 1. The average molecular weight is 528 g/mol. The summed E-state index contributed by atoms with van der Waals surface area (Å²) in [6, 6.07) is 15.6. The number of nitrogens with zero attached hydrogens (tertiary/aromatic N) is 4. The molecule has 9 heteroatoms. The van der Waals surface area contributed by atoms with Crippen molar-refractivity contribution in [3.8, 4) is 16.9 Å². The van der Waals surface area contributed by atoms with Crippen molar-refractivity contribution in [3.05, 3.63) is 89.1 Å². The minimum absolute atomic E-state index is 0.0306. The van der Waals surface area contributed by atoms with Gasteiger partial charge < -0.3 is 19.5 Å². The van der Waals surface area contributed by atoms with E-state index in [0.29, 0.717) is 57.6 Å². The highest BCUT2D eigenvalue weighted by Crippen LogP contribution is 2.32. The normalized spacial score (nSPS) is 14.2. The second-order valence-electron chi connectivity index (χ2n) is 9.76. The van der Waals surface area contributed by atoms with Crippen LogP contribution < -0.4 is 10.1 Å². The molecule has 5 rings (SSSR count). The third-order valence-corrected chi connectivity index (χ3v) is 6.94. The molecule has 0 spiro atoms. The van der Waals surface area contributed by atoms with Gasteiger partial charge in [0.2, 0.25) is 5.91 Å². The van der Waals surface area contributed by atoms with Crippen LogP contribution >= 0.6 is 0 Å². The Morgan fingerprint density at radius 2 is 1.97 bits per heavy atom. The lowest BCUT2D eigenvalue weighted by Crippen LogP contribution is -2.40. The molecule has 0 atom stereocenters. The maximum atomic E-state index is 13.1. The molecular formula is C30H33N5O4. The maximum Gasteiger partial charge on any atom is 0.251 e. The monoisotopic (exact) mass is 527 g/mol. The molecule has 1 aliphatic heterocycles. The summed E-state index contributed by atoms with van der Waals surface area (Å²) in [5.74, 6) is 1.39. The lowest BCUT2D eigenvalue weighted by atomic mass is 9.96. The second-order valence-corrected chi connectivity index (χ2v) is 9.76. The third kappa shape index (κ3) is 6.37. The fourth-order valence-corrected chi connectivity index (χ4v) is 4.97. The van der Waals surface area contributed by atoms with Crippen LogP contribution in [0.2, 0.25) is 0 Å². The van der Waals surface area contributed by atoms with Crippen LogP contribution in [0.1, 0.15) is 45.8 Å². The summed E-state index contributed by atoms with van der Waals surface area (Å²) in [5.41, 5.74) is 5.38. The van der Waals surface area contributed by atoms with Crippen molar-refractivity contribution in [3.63, 3.8) is 0 Å². The largest absolute Gasteiger partial charge is 0.491 e. The van der Waals surface area contributed by atoms with Crippen molar-refractivity contribution < 1.29 is 18.8 Å². The minimum Gasteiger partial charge on any atom is -0.491 e. The zero-order valence-electron chi connectivity index (χ0n) is 22.4. The zero-order chi connectivity index (χ0) is 27.2. The molecule has 2 bridgehead atoms. The first-order valence-electron chi connectivity index (χ1n) is 13.3. The third-order valence-electron chi connectivity index (χ3n) is 6.94. The number of nitrogens with one attached hydrogen (secondary N) is 1. The number of aryl methyl sites for hydroxylation is 3. The van der Waals surface area contributed by atoms with Gasteiger partial charge >= 0.3 is 0 Å². The minimum atomic E-state index is -0.152. The van der Waals surface area contributed by atoms with Gasteiger partial charge in [0.15, 0.2) is 0 Å². The number of fused-ring (bicyclic) bond motifs is 3. The molecule has 2 amide bonds. The van der Waals surface area contributed by atoms with Gasteiger partial charge in [-0.2, -0.15) is 5.10 Å². The number of amides is 2. The number of aromatic nitrogens is 3. The van der Waals surface area contributed by atoms with E-state index in [1.807, 2.05) is 61.1 Å². The molecule has 1 N–H and O–H groups in total. The Morgan fingerprint density at radius 1 is 1.08 bits per heavy atom. The highest BCUT2D eigenvalue weighted by atomic mass is 16.5. The number of carbonyl (C=O) groups excluding carboxylic acids is 2. The molecule has 1 aliphatic rings. The van der Waals surface area contributed by atoms with Crippen LogP contribution in [0.5, 0.6) is 5.75 Å². The van der Waals surface area contributed by atoms with Crippen LogP contribution in [0, 0.1) is 13.8 Å². The summed E-state index contributed by atoms with van der Waals surface area (Å²) in [7, 11) is 0. The first-order valence-corrected chi connectivity index (χ1v) is 13.3. The lowest BCUT2D eigenvalue weighted by Gasteiger charge is -2.24. The molecule has 202 valence electrons. The van der Waals surface area contributed by atoms with Gasteiger partial charge in [0.25, 0.3) is 5.91 Å². The highest BCUT2D eigenvalue weighted by molar-refractivity contribution is 5.94. The molecule has 39 heavy (non-hydrogen) atoms. The fraction of sp³-hybridized carbons (Fsp3) is 0.333. The van der Waals surface area contributed by atoms with Gasteiger partial charge in [-0.15, -0.1) is 0 Å². The van der Waals surface area contributed by atoms with Gasteiger partial charge in [-0.05, 0) is 67.3 Å². The predicted molar refractivity (Wildman–Crippen MR) is 147 cm³/mol. The molecule has 4 aromatic rings. The summed E-state index contributed by atoms with van der Waals surface area (Å²) in [5, 5.41) is 11.3. The van der Waals surface area contributed by atoms with Crippen molar-refractivity contribution in [1.29, 1.82) is 0 Å². The Balaban J connectivity index is 1.38. The Bertz CT molecular complexity index is 1420. The number of rotatable bonds is 5. The second kappa shape index (κ2) is 12.0. The summed E-state index contributed by atoms with van der Waals surface area (Å²) >= 11 is 0. The maximum absolute atomic E-state index is 13.1. The fourth-order valence-electron chi connectivity index (χ4n) is 4.97. The number of benzene rings is 2. The molecule has 2 aromatic heterocycles. The van der Waals surface area contributed by atoms with Crippen molar-refractivity contribution in [2.24, 2.45) is 0 Å². The van der Waals surface area contributed by atoms with E-state index < -0.39 is 0 Å². The predicted octanol–water partition coefficient (Wildman–Crippen LogP) is 4.18. The van der Waals surface area contributed by atoms with Gasteiger partial charge in [0.05, 0.1) is 12.2 Å². The van der Waals surface area contributed by atoms with Crippen LogP contribution in [-0.4, -0.2) is 57.9 Å². The van der Waals surface area contributed by atoms with E-state index >= 15 is 0 Å². The van der Waals surface area contributed by atoms with Crippen LogP contribution in [0.3, 0.4) is 0 Å². The van der Waals surface area contributed by atoms with Crippen LogP contribution in [0.15, 0.2) is 65.4 Å². The van der Waals surface area contributed by atoms with E-state index in [1.54, 1.807) is 17.2 Å². The van der Waals surface area contributed by atoms with Crippen molar-refractivity contribution in [2.45, 2.75) is 39.7 Å². The Morgan fingerprint density at radius 3 is 2.77 bits per heavy atom. The van der Waals surface area contributed by atoms with E-state index in [-0.39, 0.29) is 11.8 Å². The quantitative estimate of drug-likeness (QED) is 0.418. The van der Waals surface area contributed by atoms with E-state index in [9.17, 15) is 9.59 Å². The molecule has 9 nitrogen and oxygen atoms in total. The van der Waals surface area contributed by atoms with E-state index in [1.165, 1.54) is 0 Å². The molecule has 0 saturated carbocycles. The Labute approximate surface area is 227 Å². The van der Waals surface area contributed by atoms with Gasteiger partial charge in [-0.25, -0.2) is 0 Å². The van der Waals surface area contributed by atoms with Gasteiger partial charge in [-0.1, -0.05) is 23.4 Å². The van der Waals surface area contributed by atoms with Crippen molar-refractivity contribution in [1.82, 2.24) is 25.2 Å². The van der Waals surface area contributed by atoms with Crippen LogP contribution in [0.25, 0.3) is 11.1 Å². The SMILES string of the molecule is Cc1noc(C)c1-c1ccc2c(c1)Cc1cccc(c1)C(=O)NCCN(C(=O)CCCn1cccn1)CCO2. The Kier molecular flexibility index (Phi) is 8.05. The Hall–Kier alpha value is -4.40. The average Bonchev–Trinajstić information content (AvgIpc) is 3.57. The molecule has 3 heterocycles. The van der Waals surface area contributed by atoms with Gasteiger partial charge in [-0.3, -0.25) is 14.3 Å². The highest BCUT2D eigenvalue weighted by Gasteiger charge is 2.18. The standard InChI is InChI=1S/C30H33N5O4/c1-21-29(22(2)39-33-21)24-9-10-27-26(20-24)19-23-6-3-7-25(18-23)30(37)31-12-15-34(16-17-38-27)28(36)8-4-13-35-14-5-11-32-35/h3,5-7,9-11,14,18,20H,4,8,12-13,15-17,19H2,1-2H3,(H,31,37). The molecular weight excluding hydrogens is 494 g/mol. The van der Waals surface area contributed by atoms with Crippen LogP contribution in [-0.2, 0) is 17.8 Å². The summed E-state index contributed by atoms with van der Waals surface area (Å²) < 4.78 is 13.5. The summed E-state index contributed by atoms with van der Waals surface area (Å²) in [4.78, 5) is 27.7. The number of ether oxygens (including phenoxy) is 1. The van der Waals surface area contributed by atoms with E-state index in [4.69, 9.17) is 9.26 Å². The lowest BCUT2D eigenvalue weighted by molar-refractivity contribution is -0.131. The van der Waals surface area contributed by atoms with Gasteiger partial charge in [0, 0.05) is 56.0 Å². The van der Waals surface area contributed by atoms with Crippen molar-refractivity contribution >= 4 is 11.8 Å². The smallest absolute Gasteiger partial charge is 0.251 e. The zero-order valence-corrected chi connectivity index (χ0v) is 22.4. The molecule has 0 aliphatic carbocycles. The molecule has 2 aromatic carbocycles. The van der Waals surface area contributed by atoms with Crippen molar-refractivity contribution in [2.75, 3.05) is 26.2 Å². The van der Waals surface area contributed by atoms with Gasteiger partial charge in [0.1, 0.15) is 18.1 Å². The molecule has 0 unspecified atom stereocenters. The first-order chi connectivity index (χ1) is 19.0. The summed E-state index contributed by atoms with van der Waals surface area (Å²) in [6.45, 7) is 6.05. The van der Waals surface area contributed by atoms with E-state index in [0.717, 1.165) is 39.5 Å². The summed E-state index contributed by atoms with van der Waals surface area (Å²) in [6.07, 6.45) is 5.29. The molecule has 0 saturated heterocycles. The topological polar surface area (TPSA) is 102 Å². The number of carbonyl (C=O) groups is 2. The molecule has 0 fully saturated rings. The first kappa shape index (κ1) is 26.2. The molecule has 0 radical (unpaired) electrons. The number of hydrogen-bond acceptors (Lipinski definition) is 6.